The Kier molecular flexibility index (Phi) is 7.74. The van der Waals surface area contributed by atoms with Gasteiger partial charge in [-0.2, -0.15) is 0 Å². The number of methoxy groups -OCH3 is 1. The van der Waals surface area contributed by atoms with Crippen LogP contribution in [0.4, 0.5) is 11.4 Å². The SMILES string of the molecule is COc1ccc(Cn2nnnc2SCC(=O)Nc2ccccc2C(=O)Nc2cccc(C)c2)cc1. The summed E-state index contributed by atoms with van der Waals surface area (Å²) < 4.78 is 6.81. The minimum Gasteiger partial charge on any atom is -0.497 e. The van der Waals surface area contributed by atoms with Crippen molar-refractivity contribution in [3.63, 3.8) is 0 Å². The van der Waals surface area contributed by atoms with Gasteiger partial charge in [-0.15, -0.1) is 5.10 Å². The van der Waals surface area contributed by atoms with E-state index in [0.717, 1.165) is 16.9 Å². The normalized spacial score (nSPS) is 10.6. The topological polar surface area (TPSA) is 111 Å². The van der Waals surface area contributed by atoms with Crippen LogP contribution in [0.15, 0.2) is 78.0 Å². The first-order valence-corrected chi connectivity index (χ1v) is 11.8. The van der Waals surface area contributed by atoms with Crippen molar-refractivity contribution >= 4 is 35.0 Å². The monoisotopic (exact) mass is 488 g/mol. The molecular weight excluding hydrogens is 464 g/mol. The quantitative estimate of drug-likeness (QED) is 0.342. The number of nitrogens with zero attached hydrogens (tertiary/aromatic N) is 4. The van der Waals surface area contributed by atoms with Gasteiger partial charge < -0.3 is 15.4 Å². The summed E-state index contributed by atoms with van der Waals surface area (Å²) in [7, 11) is 1.62. The Hall–Kier alpha value is -4.18. The summed E-state index contributed by atoms with van der Waals surface area (Å²) in [6, 6.07) is 22.0. The predicted octanol–water partition coefficient (Wildman–Crippen LogP) is 4.02. The second-order valence-corrected chi connectivity index (χ2v) is 8.62. The van der Waals surface area contributed by atoms with Crippen LogP contribution in [0, 0.1) is 6.92 Å². The number of ether oxygens (including phenoxy) is 1. The fourth-order valence-electron chi connectivity index (χ4n) is 3.33. The van der Waals surface area contributed by atoms with Gasteiger partial charge in [0.05, 0.1) is 30.7 Å². The number of para-hydroxylation sites is 1. The lowest BCUT2D eigenvalue weighted by atomic mass is 10.1. The van der Waals surface area contributed by atoms with Gasteiger partial charge >= 0.3 is 0 Å². The maximum atomic E-state index is 12.8. The fraction of sp³-hybridized carbons (Fsp3) is 0.160. The van der Waals surface area contributed by atoms with Gasteiger partial charge in [-0.25, -0.2) is 4.68 Å². The van der Waals surface area contributed by atoms with Gasteiger partial charge in [0.25, 0.3) is 5.91 Å². The summed E-state index contributed by atoms with van der Waals surface area (Å²) in [5.41, 5.74) is 3.53. The number of hydrogen-bond donors (Lipinski definition) is 2. The van der Waals surface area contributed by atoms with E-state index in [0.29, 0.717) is 28.6 Å². The Bertz CT molecular complexity index is 1320. The first-order valence-electron chi connectivity index (χ1n) is 10.8. The molecule has 0 bridgehead atoms. The molecule has 9 nitrogen and oxygen atoms in total. The Balaban J connectivity index is 1.37. The second kappa shape index (κ2) is 11.3. The smallest absolute Gasteiger partial charge is 0.257 e. The van der Waals surface area contributed by atoms with Crippen LogP contribution in [0.3, 0.4) is 0 Å². The summed E-state index contributed by atoms with van der Waals surface area (Å²) in [6.07, 6.45) is 0. The molecule has 1 aromatic heterocycles. The van der Waals surface area contributed by atoms with Crippen LogP contribution in [0.25, 0.3) is 0 Å². The molecule has 0 aliphatic heterocycles. The molecule has 4 rings (SSSR count). The van der Waals surface area contributed by atoms with Gasteiger partial charge in [0.1, 0.15) is 5.75 Å². The van der Waals surface area contributed by atoms with Crippen LogP contribution in [0.1, 0.15) is 21.5 Å². The van der Waals surface area contributed by atoms with E-state index in [1.54, 1.807) is 36.1 Å². The standard InChI is InChI=1S/C25H24N6O3S/c1-17-6-5-7-19(14-17)26-24(33)21-8-3-4-9-22(21)27-23(32)16-35-25-28-29-30-31(25)15-18-10-12-20(34-2)13-11-18/h3-14H,15-16H2,1-2H3,(H,26,33)(H,27,32). The third kappa shape index (κ3) is 6.45. The Morgan fingerprint density at radius 1 is 1.00 bits per heavy atom. The highest BCUT2D eigenvalue weighted by molar-refractivity contribution is 7.99. The van der Waals surface area contributed by atoms with Crippen LogP contribution in [-0.4, -0.2) is 44.9 Å². The third-order valence-electron chi connectivity index (χ3n) is 5.04. The zero-order chi connectivity index (χ0) is 24.6. The lowest BCUT2D eigenvalue weighted by Gasteiger charge is -2.12. The fourth-order valence-corrected chi connectivity index (χ4v) is 4.01. The second-order valence-electron chi connectivity index (χ2n) is 7.67. The zero-order valence-corrected chi connectivity index (χ0v) is 20.1. The molecular formula is C25H24N6O3S. The molecule has 4 aromatic rings. The van der Waals surface area contributed by atoms with Crippen molar-refractivity contribution in [1.29, 1.82) is 0 Å². The molecule has 0 aliphatic rings. The molecule has 0 saturated carbocycles. The number of aryl methyl sites for hydroxylation is 1. The summed E-state index contributed by atoms with van der Waals surface area (Å²) in [6.45, 7) is 2.41. The minimum atomic E-state index is -0.303. The van der Waals surface area contributed by atoms with E-state index in [4.69, 9.17) is 4.74 Å². The summed E-state index contributed by atoms with van der Waals surface area (Å²) in [5.74, 6) is 0.272. The van der Waals surface area contributed by atoms with Crippen molar-refractivity contribution in [2.24, 2.45) is 0 Å². The van der Waals surface area contributed by atoms with Gasteiger partial charge in [-0.05, 0) is 64.9 Å². The third-order valence-corrected chi connectivity index (χ3v) is 6.00. The molecule has 0 aliphatic carbocycles. The number of carbonyl (C=O) groups excluding carboxylic acids is 2. The lowest BCUT2D eigenvalue weighted by molar-refractivity contribution is -0.113. The Labute approximate surface area is 206 Å². The number of hydrogen-bond acceptors (Lipinski definition) is 7. The molecule has 0 spiro atoms. The largest absolute Gasteiger partial charge is 0.497 e. The highest BCUT2D eigenvalue weighted by atomic mass is 32.2. The molecule has 0 radical (unpaired) electrons. The number of amides is 2. The number of aromatic nitrogens is 4. The molecule has 0 saturated heterocycles. The molecule has 0 unspecified atom stereocenters. The van der Waals surface area contributed by atoms with Gasteiger partial charge in [-0.1, -0.05) is 48.2 Å². The van der Waals surface area contributed by atoms with Crippen LogP contribution < -0.4 is 15.4 Å². The molecule has 1 heterocycles. The number of thioether (sulfide) groups is 1. The van der Waals surface area contributed by atoms with E-state index in [1.807, 2.05) is 55.5 Å². The van der Waals surface area contributed by atoms with E-state index in [2.05, 4.69) is 26.2 Å². The number of nitrogens with one attached hydrogen (secondary N) is 2. The first kappa shape index (κ1) is 24.0. The van der Waals surface area contributed by atoms with Crippen molar-refractivity contribution in [2.75, 3.05) is 23.5 Å². The maximum absolute atomic E-state index is 12.8. The summed E-state index contributed by atoms with van der Waals surface area (Å²) >= 11 is 1.22. The lowest BCUT2D eigenvalue weighted by Crippen LogP contribution is -2.19. The molecule has 2 amide bonds. The average Bonchev–Trinajstić information content (AvgIpc) is 3.30. The molecule has 178 valence electrons. The van der Waals surface area contributed by atoms with Crippen molar-refractivity contribution in [1.82, 2.24) is 20.2 Å². The molecule has 35 heavy (non-hydrogen) atoms. The summed E-state index contributed by atoms with van der Waals surface area (Å²) in [5, 5.41) is 18.0. The summed E-state index contributed by atoms with van der Waals surface area (Å²) in [4.78, 5) is 25.5. The van der Waals surface area contributed by atoms with Crippen molar-refractivity contribution in [3.8, 4) is 5.75 Å². The van der Waals surface area contributed by atoms with Crippen LogP contribution >= 0.6 is 11.8 Å². The molecule has 3 aromatic carbocycles. The van der Waals surface area contributed by atoms with Crippen LogP contribution in [0.2, 0.25) is 0 Å². The number of rotatable bonds is 9. The van der Waals surface area contributed by atoms with E-state index < -0.39 is 0 Å². The Morgan fingerprint density at radius 3 is 2.57 bits per heavy atom. The molecule has 0 fully saturated rings. The predicted molar refractivity (Wildman–Crippen MR) is 135 cm³/mol. The van der Waals surface area contributed by atoms with Gasteiger partial charge in [0, 0.05) is 5.69 Å². The van der Waals surface area contributed by atoms with E-state index in [9.17, 15) is 9.59 Å². The highest BCUT2D eigenvalue weighted by Gasteiger charge is 2.15. The van der Waals surface area contributed by atoms with Crippen molar-refractivity contribution < 1.29 is 14.3 Å². The maximum Gasteiger partial charge on any atom is 0.257 e. The number of benzene rings is 3. The highest BCUT2D eigenvalue weighted by Crippen LogP contribution is 2.20. The van der Waals surface area contributed by atoms with E-state index in [1.165, 1.54) is 11.8 Å². The van der Waals surface area contributed by atoms with Gasteiger partial charge in [-0.3, -0.25) is 9.59 Å². The van der Waals surface area contributed by atoms with Crippen molar-refractivity contribution in [3.05, 3.63) is 89.5 Å². The molecule has 2 N–H and O–H groups in total. The molecule has 0 atom stereocenters. The van der Waals surface area contributed by atoms with Crippen LogP contribution in [0.5, 0.6) is 5.75 Å². The average molecular weight is 489 g/mol. The van der Waals surface area contributed by atoms with Gasteiger partial charge in [0.15, 0.2) is 0 Å². The van der Waals surface area contributed by atoms with E-state index >= 15 is 0 Å². The number of anilines is 2. The Morgan fingerprint density at radius 2 is 1.80 bits per heavy atom. The number of tetrazole rings is 1. The van der Waals surface area contributed by atoms with Crippen LogP contribution in [-0.2, 0) is 11.3 Å². The first-order chi connectivity index (χ1) is 17.0. The minimum absolute atomic E-state index is 0.0802. The van der Waals surface area contributed by atoms with Gasteiger partial charge in [0.2, 0.25) is 11.1 Å². The molecule has 10 heteroatoms. The number of carbonyl (C=O) groups is 2. The van der Waals surface area contributed by atoms with Crippen molar-refractivity contribution in [2.45, 2.75) is 18.6 Å². The zero-order valence-electron chi connectivity index (χ0n) is 19.3. The van der Waals surface area contributed by atoms with E-state index in [-0.39, 0.29) is 17.6 Å².